The largest absolute Gasteiger partial charge is 0.454 e. The number of Topliss-reactive ketones (excluding diaryl/α,β-unsaturated/α-hetero) is 1. The van der Waals surface area contributed by atoms with Crippen LogP contribution in [0, 0.1) is 0 Å². The molecule has 0 saturated carbocycles. The number of para-hydroxylation sites is 1. The lowest BCUT2D eigenvalue weighted by molar-refractivity contribution is -0.146. The van der Waals surface area contributed by atoms with Gasteiger partial charge in [-0.25, -0.2) is 0 Å². The number of aromatic amines is 1. The summed E-state index contributed by atoms with van der Waals surface area (Å²) < 4.78 is 16.2. The molecule has 182 valence electrons. The van der Waals surface area contributed by atoms with Gasteiger partial charge < -0.3 is 24.5 Å². The van der Waals surface area contributed by atoms with Crippen LogP contribution in [-0.4, -0.2) is 36.0 Å². The first-order valence-corrected chi connectivity index (χ1v) is 11.6. The van der Waals surface area contributed by atoms with Gasteiger partial charge in [-0.15, -0.1) is 0 Å². The highest BCUT2D eigenvalue weighted by Gasteiger charge is 2.28. The first kappa shape index (κ1) is 23.2. The van der Waals surface area contributed by atoms with Crippen molar-refractivity contribution in [1.29, 1.82) is 0 Å². The maximum Gasteiger partial charge on any atom is 0.326 e. The molecule has 8 heteroatoms. The molecule has 4 aromatic rings. The molecule has 5 rings (SSSR count). The first-order chi connectivity index (χ1) is 17.5. The highest BCUT2D eigenvalue weighted by Crippen LogP contribution is 2.32. The van der Waals surface area contributed by atoms with Gasteiger partial charge in [0.05, 0.1) is 0 Å². The van der Waals surface area contributed by atoms with Gasteiger partial charge in [-0.2, -0.15) is 0 Å². The number of rotatable bonds is 8. The predicted molar refractivity (Wildman–Crippen MR) is 132 cm³/mol. The zero-order valence-corrected chi connectivity index (χ0v) is 19.6. The Bertz CT molecular complexity index is 1440. The first-order valence-electron chi connectivity index (χ1n) is 11.6. The van der Waals surface area contributed by atoms with Gasteiger partial charge in [-0.05, 0) is 30.2 Å². The molecule has 0 fully saturated rings. The van der Waals surface area contributed by atoms with Gasteiger partial charge in [-0.3, -0.25) is 14.4 Å². The van der Waals surface area contributed by atoms with Crippen LogP contribution in [0.4, 0.5) is 0 Å². The quantitative estimate of drug-likeness (QED) is 0.284. The minimum Gasteiger partial charge on any atom is -0.454 e. The SMILES string of the molecule is CCc1cccc2c(C(=O)C(OC(=O)CNC(=O)c3ccc4c(c3)OCO4)c3ccccc3)c[nH]c12. The van der Waals surface area contributed by atoms with Gasteiger partial charge in [0.25, 0.3) is 5.91 Å². The summed E-state index contributed by atoms with van der Waals surface area (Å²) in [5.74, 6) is -0.545. The van der Waals surface area contributed by atoms with Crippen molar-refractivity contribution in [2.75, 3.05) is 13.3 Å². The molecule has 1 amide bonds. The number of amides is 1. The van der Waals surface area contributed by atoms with Crippen LogP contribution in [0.25, 0.3) is 10.9 Å². The summed E-state index contributed by atoms with van der Waals surface area (Å²) >= 11 is 0. The van der Waals surface area contributed by atoms with Crippen LogP contribution < -0.4 is 14.8 Å². The van der Waals surface area contributed by atoms with Crippen LogP contribution in [0.2, 0.25) is 0 Å². The average Bonchev–Trinajstić information content (AvgIpc) is 3.57. The van der Waals surface area contributed by atoms with E-state index in [0.29, 0.717) is 28.2 Å². The maximum atomic E-state index is 13.6. The molecule has 3 aromatic carbocycles. The molecule has 0 aliphatic carbocycles. The van der Waals surface area contributed by atoms with Gasteiger partial charge >= 0.3 is 5.97 Å². The second-order valence-corrected chi connectivity index (χ2v) is 8.29. The van der Waals surface area contributed by atoms with Crippen molar-refractivity contribution >= 4 is 28.6 Å². The molecule has 0 radical (unpaired) electrons. The van der Waals surface area contributed by atoms with E-state index in [1.807, 2.05) is 31.2 Å². The summed E-state index contributed by atoms with van der Waals surface area (Å²) in [6, 6.07) is 19.3. The molecule has 0 saturated heterocycles. The highest BCUT2D eigenvalue weighted by atomic mass is 16.7. The number of benzene rings is 3. The van der Waals surface area contributed by atoms with Crippen molar-refractivity contribution in [2.24, 2.45) is 0 Å². The van der Waals surface area contributed by atoms with Crippen molar-refractivity contribution in [3.8, 4) is 11.5 Å². The van der Waals surface area contributed by atoms with Crippen LogP contribution in [0.15, 0.2) is 72.9 Å². The van der Waals surface area contributed by atoms with Crippen molar-refractivity contribution in [3.05, 3.63) is 95.2 Å². The molecular weight excluding hydrogens is 460 g/mol. The number of hydrogen-bond donors (Lipinski definition) is 2. The molecule has 0 bridgehead atoms. The maximum absolute atomic E-state index is 13.6. The average molecular weight is 485 g/mol. The number of fused-ring (bicyclic) bond motifs is 2. The lowest BCUT2D eigenvalue weighted by atomic mass is 9.98. The zero-order valence-electron chi connectivity index (χ0n) is 19.6. The third-order valence-electron chi connectivity index (χ3n) is 6.07. The Hall–Kier alpha value is -4.59. The van der Waals surface area contributed by atoms with E-state index in [1.54, 1.807) is 48.7 Å². The lowest BCUT2D eigenvalue weighted by Crippen LogP contribution is -2.32. The minimum absolute atomic E-state index is 0.0951. The second kappa shape index (κ2) is 9.95. The molecule has 2 heterocycles. The Balaban J connectivity index is 1.33. The molecule has 1 unspecified atom stereocenters. The Kier molecular flexibility index (Phi) is 6.40. The Morgan fingerprint density at radius 1 is 1.00 bits per heavy atom. The van der Waals surface area contributed by atoms with Gasteiger partial charge in [0.2, 0.25) is 12.6 Å². The molecule has 1 aliphatic heterocycles. The monoisotopic (exact) mass is 484 g/mol. The van der Waals surface area contributed by atoms with Crippen molar-refractivity contribution in [3.63, 3.8) is 0 Å². The number of aromatic nitrogens is 1. The lowest BCUT2D eigenvalue weighted by Gasteiger charge is -2.17. The van der Waals surface area contributed by atoms with Crippen molar-refractivity contribution in [2.45, 2.75) is 19.4 Å². The summed E-state index contributed by atoms with van der Waals surface area (Å²) in [4.78, 5) is 42.1. The zero-order chi connectivity index (χ0) is 25.1. The van der Waals surface area contributed by atoms with E-state index < -0.39 is 24.5 Å². The number of hydrogen-bond acceptors (Lipinski definition) is 6. The summed E-state index contributed by atoms with van der Waals surface area (Å²) in [6.45, 7) is 1.74. The standard InChI is InChI=1S/C28H24N2O6/c1-2-17-9-6-10-20-21(14-29-25(17)20)26(32)27(18-7-4-3-5-8-18)36-24(31)15-30-28(33)19-11-12-22-23(13-19)35-16-34-22/h3-14,27,29H,2,15-16H2,1H3,(H,30,33). The van der Waals surface area contributed by atoms with Gasteiger partial charge in [0.1, 0.15) is 6.54 Å². The Morgan fingerprint density at radius 2 is 1.81 bits per heavy atom. The predicted octanol–water partition coefficient (Wildman–Crippen LogP) is 4.36. The second-order valence-electron chi connectivity index (χ2n) is 8.29. The minimum atomic E-state index is -1.16. The number of aryl methyl sites for hydroxylation is 1. The molecular formula is C28H24N2O6. The van der Waals surface area contributed by atoms with Gasteiger partial charge in [0, 0.05) is 33.8 Å². The number of nitrogens with one attached hydrogen (secondary N) is 2. The van der Waals surface area contributed by atoms with E-state index in [-0.39, 0.29) is 12.6 Å². The summed E-state index contributed by atoms with van der Waals surface area (Å²) in [5.41, 5.74) is 3.27. The number of esters is 1. The van der Waals surface area contributed by atoms with Gasteiger partial charge in [-0.1, -0.05) is 55.5 Å². The number of ether oxygens (including phenoxy) is 3. The third kappa shape index (κ3) is 4.53. The molecule has 0 spiro atoms. The number of ketones is 1. The van der Waals surface area contributed by atoms with Crippen LogP contribution in [-0.2, 0) is 16.0 Å². The van der Waals surface area contributed by atoms with E-state index >= 15 is 0 Å². The van der Waals surface area contributed by atoms with E-state index in [0.717, 1.165) is 22.9 Å². The molecule has 1 aromatic heterocycles. The topological polar surface area (TPSA) is 107 Å². The Morgan fingerprint density at radius 3 is 2.61 bits per heavy atom. The molecule has 36 heavy (non-hydrogen) atoms. The fraction of sp³-hybridized carbons (Fsp3) is 0.179. The smallest absolute Gasteiger partial charge is 0.326 e. The van der Waals surface area contributed by atoms with Crippen LogP contribution in [0.1, 0.15) is 44.9 Å². The number of H-pyrrole nitrogens is 1. The molecule has 8 nitrogen and oxygen atoms in total. The van der Waals surface area contributed by atoms with Crippen LogP contribution >= 0.6 is 0 Å². The third-order valence-corrected chi connectivity index (χ3v) is 6.07. The van der Waals surface area contributed by atoms with E-state index in [9.17, 15) is 14.4 Å². The van der Waals surface area contributed by atoms with E-state index in [1.165, 1.54) is 0 Å². The molecule has 2 N–H and O–H groups in total. The van der Waals surface area contributed by atoms with Gasteiger partial charge in [0.15, 0.2) is 17.6 Å². The normalized spacial score (nSPS) is 12.8. The number of carbonyl (C=O) groups is 3. The van der Waals surface area contributed by atoms with Crippen LogP contribution in [0.5, 0.6) is 11.5 Å². The fourth-order valence-corrected chi connectivity index (χ4v) is 4.22. The van der Waals surface area contributed by atoms with Crippen molar-refractivity contribution < 1.29 is 28.6 Å². The number of carbonyl (C=O) groups excluding carboxylic acids is 3. The molecule has 1 aliphatic rings. The summed E-state index contributed by atoms with van der Waals surface area (Å²) in [5, 5.41) is 3.31. The summed E-state index contributed by atoms with van der Waals surface area (Å²) in [6.07, 6.45) is 1.30. The summed E-state index contributed by atoms with van der Waals surface area (Å²) in [7, 11) is 0. The van der Waals surface area contributed by atoms with E-state index in [4.69, 9.17) is 14.2 Å². The Labute approximate surface area is 207 Å². The van der Waals surface area contributed by atoms with Crippen LogP contribution in [0.3, 0.4) is 0 Å². The van der Waals surface area contributed by atoms with E-state index in [2.05, 4.69) is 10.3 Å². The fourth-order valence-electron chi connectivity index (χ4n) is 4.22. The molecule has 1 atom stereocenters. The van der Waals surface area contributed by atoms with Crippen molar-refractivity contribution in [1.82, 2.24) is 10.3 Å². The highest BCUT2D eigenvalue weighted by molar-refractivity contribution is 6.11.